The predicted octanol–water partition coefficient (Wildman–Crippen LogP) is 4.14. The molecule has 3 rings (SSSR count). The van der Waals surface area contributed by atoms with E-state index in [1.165, 1.54) is 12.3 Å². The second-order valence-corrected chi connectivity index (χ2v) is 5.40. The van der Waals surface area contributed by atoms with Crippen molar-refractivity contribution < 1.29 is 22.6 Å². The van der Waals surface area contributed by atoms with Crippen LogP contribution in [-0.2, 0) is 6.18 Å². The number of rotatable bonds is 5. The van der Waals surface area contributed by atoms with Crippen LogP contribution in [-0.4, -0.2) is 26.4 Å². The standard InChI is InChI=1S/C17H10ClF3N4O2/c1-2-9-26-15-10-13(17(19,20)21)24-25(15)16-22-8-7-14(23-16)27-12-6-4-3-5-11(12)18/h1,3-8,10H,9H2. The van der Waals surface area contributed by atoms with Crippen LogP contribution in [0.2, 0.25) is 5.02 Å². The summed E-state index contributed by atoms with van der Waals surface area (Å²) in [6.45, 7) is -0.251. The van der Waals surface area contributed by atoms with E-state index in [9.17, 15) is 13.2 Å². The molecule has 0 fully saturated rings. The van der Waals surface area contributed by atoms with Gasteiger partial charge >= 0.3 is 6.18 Å². The predicted molar refractivity (Wildman–Crippen MR) is 90.0 cm³/mol. The van der Waals surface area contributed by atoms with Crippen molar-refractivity contribution in [2.75, 3.05) is 6.61 Å². The number of halogens is 4. The zero-order valence-corrected chi connectivity index (χ0v) is 14.2. The maximum absolute atomic E-state index is 13.0. The highest BCUT2D eigenvalue weighted by Gasteiger charge is 2.36. The molecular formula is C17H10ClF3N4O2. The quantitative estimate of drug-likeness (QED) is 0.609. The van der Waals surface area contributed by atoms with Gasteiger partial charge in [-0.05, 0) is 12.1 Å². The number of hydrogen-bond donors (Lipinski definition) is 0. The van der Waals surface area contributed by atoms with Gasteiger partial charge in [-0.3, -0.25) is 0 Å². The third kappa shape index (κ3) is 4.30. The molecule has 0 saturated carbocycles. The Morgan fingerprint density at radius 2 is 2.00 bits per heavy atom. The Labute approximate surface area is 156 Å². The normalized spacial score (nSPS) is 11.1. The summed E-state index contributed by atoms with van der Waals surface area (Å²) in [5.74, 6) is 2.10. The van der Waals surface area contributed by atoms with E-state index in [1.54, 1.807) is 24.3 Å². The number of para-hydroxylation sites is 1. The lowest BCUT2D eigenvalue weighted by Gasteiger charge is -2.09. The molecule has 0 unspecified atom stereocenters. The molecule has 0 aliphatic rings. The van der Waals surface area contributed by atoms with Crippen molar-refractivity contribution in [3.05, 3.63) is 53.3 Å². The number of aromatic nitrogens is 4. The van der Waals surface area contributed by atoms with Crippen LogP contribution in [0.4, 0.5) is 13.2 Å². The lowest BCUT2D eigenvalue weighted by atomic mass is 10.3. The zero-order chi connectivity index (χ0) is 19.4. The van der Waals surface area contributed by atoms with E-state index in [2.05, 4.69) is 21.0 Å². The van der Waals surface area contributed by atoms with E-state index in [1.807, 2.05) is 0 Å². The van der Waals surface area contributed by atoms with Crippen LogP contribution < -0.4 is 9.47 Å². The van der Waals surface area contributed by atoms with Crippen molar-refractivity contribution in [2.45, 2.75) is 6.18 Å². The van der Waals surface area contributed by atoms with E-state index >= 15 is 0 Å². The molecule has 0 radical (unpaired) electrons. The summed E-state index contributed by atoms with van der Waals surface area (Å²) in [6.07, 6.45) is 1.72. The molecule has 0 atom stereocenters. The minimum absolute atomic E-state index is 0.0556. The van der Waals surface area contributed by atoms with Crippen molar-refractivity contribution in [2.24, 2.45) is 0 Å². The molecule has 0 saturated heterocycles. The Morgan fingerprint density at radius 3 is 2.70 bits per heavy atom. The molecule has 0 spiro atoms. The monoisotopic (exact) mass is 394 g/mol. The summed E-state index contributed by atoms with van der Waals surface area (Å²) >= 11 is 6.02. The fourth-order valence-electron chi connectivity index (χ4n) is 2.00. The van der Waals surface area contributed by atoms with Gasteiger partial charge < -0.3 is 9.47 Å². The largest absolute Gasteiger partial charge is 0.464 e. The SMILES string of the molecule is C#CCOc1cc(C(F)(F)F)nn1-c1nccc(Oc2ccccc2Cl)n1. The maximum atomic E-state index is 13.0. The maximum Gasteiger partial charge on any atom is 0.435 e. The molecule has 0 bridgehead atoms. The molecule has 6 nitrogen and oxygen atoms in total. The minimum atomic E-state index is -4.68. The smallest absolute Gasteiger partial charge is 0.435 e. The van der Waals surface area contributed by atoms with E-state index < -0.39 is 11.9 Å². The molecule has 27 heavy (non-hydrogen) atoms. The highest BCUT2D eigenvalue weighted by atomic mass is 35.5. The van der Waals surface area contributed by atoms with Crippen LogP contribution in [0.25, 0.3) is 5.95 Å². The van der Waals surface area contributed by atoms with Crippen LogP contribution in [0.5, 0.6) is 17.5 Å². The van der Waals surface area contributed by atoms with Crippen molar-refractivity contribution in [1.82, 2.24) is 19.7 Å². The summed E-state index contributed by atoms with van der Waals surface area (Å²) in [7, 11) is 0. The van der Waals surface area contributed by atoms with Gasteiger partial charge in [0.2, 0.25) is 11.8 Å². The molecule has 0 amide bonds. The number of benzene rings is 1. The average Bonchev–Trinajstić information content (AvgIpc) is 3.07. The molecule has 0 N–H and O–H groups in total. The van der Waals surface area contributed by atoms with Gasteiger partial charge in [0.1, 0.15) is 5.75 Å². The van der Waals surface area contributed by atoms with E-state index in [0.29, 0.717) is 16.8 Å². The van der Waals surface area contributed by atoms with Gasteiger partial charge in [-0.2, -0.15) is 27.9 Å². The highest BCUT2D eigenvalue weighted by Crippen LogP contribution is 2.32. The first-order valence-electron chi connectivity index (χ1n) is 7.38. The Morgan fingerprint density at radius 1 is 1.22 bits per heavy atom. The molecule has 10 heteroatoms. The second-order valence-electron chi connectivity index (χ2n) is 5.00. The van der Waals surface area contributed by atoms with Crippen LogP contribution >= 0.6 is 11.6 Å². The van der Waals surface area contributed by atoms with E-state index in [4.69, 9.17) is 27.5 Å². The first-order valence-corrected chi connectivity index (χ1v) is 7.75. The molecule has 0 aliphatic heterocycles. The molecule has 1 aromatic carbocycles. The van der Waals surface area contributed by atoms with E-state index in [-0.39, 0.29) is 24.3 Å². The summed E-state index contributed by atoms with van der Waals surface area (Å²) in [5.41, 5.74) is -1.17. The molecule has 138 valence electrons. The number of hydrogen-bond acceptors (Lipinski definition) is 5. The van der Waals surface area contributed by atoms with Crippen LogP contribution in [0.1, 0.15) is 5.69 Å². The van der Waals surface area contributed by atoms with Crippen molar-refractivity contribution >= 4 is 11.6 Å². The fourth-order valence-corrected chi connectivity index (χ4v) is 2.17. The van der Waals surface area contributed by atoms with Gasteiger partial charge in [-0.1, -0.05) is 29.7 Å². The van der Waals surface area contributed by atoms with Crippen LogP contribution in [0.3, 0.4) is 0 Å². The Hall–Kier alpha value is -3.25. The Balaban J connectivity index is 1.97. The average molecular weight is 395 g/mol. The van der Waals surface area contributed by atoms with Crippen molar-refractivity contribution in [1.29, 1.82) is 0 Å². The molecular weight excluding hydrogens is 385 g/mol. The number of ether oxygens (including phenoxy) is 2. The van der Waals surface area contributed by atoms with Crippen molar-refractivity contribution in [3.8, 4) is 35.8 Å². The summed E-state index contributed by atoms with van der Waals surface area (Å²) < 4.78 is 50.4. The fraction of sp³-hybridized carbons (Fsp3) is 0.118. The van der Waals surface area contributed by atoms with Crippen molar-refractivity contribution in [3.63, 3.8) is 0 Å². The van der Waals surface area contributed by atoms with Gasteiger partial charge in [0, 0.05) is 18.3 Å². The van der Waals surface area contributed by atoms with E-state index in [0.717, 1.165) is 4.68 Å². The van der Waals surface area contributed by atoms with Gasteiger partial charge in [-0.15, -0.1) is 6.42 Å². The second kappa shape index (κ2) is 7.55. The molecule has 3 aromatic rings. The summed E-state index contributed by atoms with van der Waals surface area (Å²) in [4.78, 5) is 7.97. The first-order chi connectivity index (χ1) is 12.9. The zero-order valence-electron chi connectivity index (χ0n) is 13.4. The molecule has 2 heterocycles. The van der Waals surface area contributed by atoms with Gasteiger partial charge in [0.05, 0.1) is 5.02 Å². The third-order valence-corrected chi connectivity index (χ3v) is 3.44. The Kier molecular flexibility index (Phi) is 5.19. The minimum Gasteiger partial charge on any atom is -0.464 e. The molecule has 0 aliphatic carbocycles. The lowest BCUT2D eigenvalue weighted by Crippen LogP contribution is -2.10. The third-order valence-electron chi connectivity index (χ3n) is 3.13. The highest BCUT2D eigenvalue weighted by molar-refractivity contribution is 6.32. The topological polar surface area (TPSA) is 62.1 Å². The number of nitrogens with zero attached hydrogens (tertiary/aromatic N) is 4. The van der Waals surface area contributed by atoms with Crippen LogP contribution in [0, 0.1) is 12.3 Å². The van der Waals surface area contributed by atoms with Gasteiger partial charge in [0.15, 0.2) is 12.3 Å². The van der Waals surface area contributed by atoms with Gasteiger partial charge in [0.25, 0.3) is 5.95 Å². The van der Waals surface area contributed by atoms with Gasteiger partial charge in [-0.25, -0.2) is 4.98 Å². The number of terminal acetylenes is 1. The first kappa shape index (κ1) is 18.5. The summed E-state index contributed by atoms with van der Waals surface area (Å²) in [5, 5.41) is 3.80. The Bertz CT molecular complexity index is 998. The van der Waals surface area contributed by atoms with Crippen LogP contribution in [0.15, 0.2) is 42.6 Å². The number of alkyl halides is 3. The summed E-state index contributed by atoms with van der Waals surface area (Å²) in [6, 6.07) is 8.79. The molecule has 2 aromatic heterocycles. The lowest BCUT2D eigenvalue weighted by molar-refractivity contribution is -0.141.